The third-order valence-corrected chi connectivity index (χ3v) is 5.83. The van der Waals surface area contributed by atoms with Crippen molar-refractivity contribution in [3.63, 3.8) is 0 Å². The first-order valence-corrected chi connectivity index (χ1v) is 10.4. The Morgan fingerprint density at radius 1 is 1.30 bits per heavy atom. The molecular formula is C20H35N5O2. The van der Waals surface area contributed by atoms with Gasteiger partial charge in [-0.25, -0.2) is 4.99 Å². The van der Waals surface area contributed by atoms with Gasteiger partial charge >= 0.3 is 0 Å². The largest absolute Gasteiger partial charge is 0.378 e. The van der Waals surface area contributed by atoms with Gasteiger partial charge in [0.1, 0.15) is 6.54 Å². The first kappa shape index (κ1) is 20.1. The summed E-state index contributed by atoms with van der Waals surface area (Å²) >= 11 is 0. The molecule has 7 nitrogen and oxygen atoms in total. The molecular weight excluding hydrogens is 342 g/mol. The number of rotatable bonds is 6. The lowest BCUT2D eigenvalue weighted by Crippen LogP contribution is -2.65. The van der Waals surface area contributed by atoms with Crippen LogP contribution in [0.4, 0.5) is 0 Å². The second kappa shape index (κ2) is 8.17. The van der Waals surface area contributed by atoms with Gasteiger partial charge in [-0.3, -0.25) is 0 Å². The van der Waals surface area contributed by atoms with Crippen molar-refractivity contribution < 1.29 is 9.26 Å². The normalized spacial score (nSPS) is 24.9. The quantitative estimate of drug-likeness (QED) is 0.585. The van der Waals surface area contributed by atoms with Gasteiger partial charge in [0.15, 0.2) is 11.8 Å². The zero-order valence-electron chi connectivity index (χ0n) is 17.5. The van der Waals surface area contributed by atoms with Gasteiger partial charge in [-0.15, -0.1) is 0 Å². The van der Waals surface area contributed by atoms with Gasteiger partial charge in [-0.2, -0.15) is 4.98 Å². The number of hydrogen-bond acceptors (Lipinski definition) is 5. The summed E-state index contributed by atoms with van der Waals surface area (Å²) in [5.41, 5.74) is 0.129. The maximum atomic E-state index is 6.02. The average molecular weight is 378 g/mol. The molecule has 7 heteroatoms. The van der Waals surface area contributed by atoms with Crippen LogP contribution in [0.15, 0.2) is 9.52 Å². The van der Waals surface area contributed by atoms with Crippen molar-refractivity contribution in [1.29, 1.82) is 0 Å². The minimum Gasteiger partial charge on any atom is -0.378 e. The van der Waals surface area contributed by atoms with Crippen LogP contribution in [0.5, 0.6) is 0 Å². The van der Waals surface area contributed by atoms with Gasteiger partial charge in [0.25, 0.3) is 0 Å². The number of aliphatic imine (C=N–C) groups is 1. The highest BCUT2D eigenvalue weighted by Gasteiger charge is 2.56. The van der Waals surface area contributed by atoms with E-state index in [9.17, 15) is 0 Å². The Morgan fingerprint density at radius 2 is 2.04 bits per heavy atom. The van der Waals surface area contributed by atoms with Crippen LogP contribution in [0.1, 0.15) is 78.4 Å². The van der Waals surface area contributed by atoms with E-state index in [0.29, 0.717) is 30.4 Å². The lowest BCUT2D eigenvalue weighted by molar-refractivity contribution is -0.125. The number of guanidine groups is 1. The third kappa shape index (κ3) is 4.28. The van der Waals surface area contributed by atoms with Crippen molar-refractivity contribution in [2.45, 2.75) is 90.8 Å². The van der Waals surface area contributed by atoms with E-state index < -0.39 is 0 Å². The molecule has 0 radical (unpaired) electrons. The SMILES string of the molecule is CCNC(=NCc1noc(C(C)(C)C)n1)NC1CC(OCC)C12CCCC2. The van der Waals surface area contributed by atoms with Crippen LogP contribution in [-0.2, 0) is 16.7 Å². The maximum Gasteiger partial charge on any atom is 0.232 e. The first-order chi connectivity index (χ1) is 12.9. The Balaban J connectivity index is 1.65. The Kier molecular flexibility index (Phi) is 6.08. The molecule has 3 rings (SSSR count). The standard InChI is InChI=1S/C20H35N5O2/c1-6-21-18(22-13-16-24-17(27-25-16)19(3,4)5)23-14-12-15(26-7-2)20(14)10-8-9-11-20/h14-15H,6-13H2,1-5H3,(H2,21,22,23). The van der Waals surface area contributed by atoms with E-state index in [4.69, 9.17) is 14.3 Å². The zero-order chi connectivity index (χ0) is 19.5. The summed E-state index contributed by atoms with van der Waals surface area (Å²) in [6.07, 6.45) is 6.52. The summed E-state index contributed by atoms with van der Waals surface area (Å²) in [7, 11) is 0. The van der Waals surface area contributed by atoms with Crippen molar-refractivity contribution in [3.05, 3.63) is 11.7 Å². The summed E-state index contributed by atoms with van der Waals surface area (Å²) in [4.78, 5) is 9.17. The van der Waals surface area contributed by atoms with Crippen LogP contribution in [0.25, 0.3) is 0 Å². The Hall–Kier alpha value is -1.63. The van der Waals surface area contributed by atoms with Crippen molar-refractivity contribution in [1.82, 2.24) is 20.8 Å². The lowest BCUT2D eigenvalue weighted by atomic mass is 9.60. The number of nitrogens with one attached hydrogen (secondary N) is 2. The lowest BCUT2D eigenvalue weighted by Gasteiger charge is -2.54. The summed E-state index contributed by atoms with van der Waals surface area (Å²) in [5, 5.41) is 11.1. The Morgan fingerprint density at radius 3 is 2.63 bits per heavy atom. The molecule has 0 saturated heterocycles. The van der Waals surface area contributed by atoms with Crippen LogP contribution in [0, 0.1) is 5.41 Å². The van der Waals surface area contributed by atoms with Crippen LogP contribution < -0.4 is 10.6 Å². The second-order valence-corrected chi connectivity index (χ2v) is 8.78. The fourth-order valence-electron chi connectivity index (χ4n) is 4.35. The molecule has 2 fully saturated rings. The summed E-state index contributed by atoms with van der Waals surface area (Å²) < 4.78 is 11.4. The maximum absolute atomic E-state index is 6.02. The molecule has 2 saturated carbocycles. The molecule has 2 N–H and O–H groups in total. The minimum absolute atomic E-state index is 0.146. The van der Waals surface area contributed by atoms with E-state index >= 15 is 0 Å². The monoisotopic (exact) mass is 377 g/mol. The molecule has 0 aliphatic heterocycles. The highest BCUT2D eigenvalue weighted by Crippen LogP contribution is 2.54. The van der Waals surface area contributed by atoms with E-state index in [1.54, 1.807) is 0 Å². The van der Waals surface area contributed by atoms with E-state index in [2.05, 4.69) is 55.4 Å². The number of hydrogen-bond donors (Lipinski definition) is 2. The van der Waals surface area contributed by atoms with Crippen molar-refractivity contribution >= 4 is 5.96 Å². The molecule has 152 valence electrons. The first-order valence-electron chi connectivity index (χ1n) is 10.4. The highest BCUT2D eigenvalue weighted by atomic mass is 16.5. The highest BCUT2D eigenvalue weighted by molar-refractivity contribution is 5.80. The van der Waals surface area contributed by atoms with E-state index in [-0.39, 0.29) is 10.8 Å². The fraction of sp³-hybridized carbons (Fsp3) is 0.850. The topological polar surface area (TPSA) is 84.6 Å². The number of nitrogens with zero attached hydrogens (tertiary/aromatic N) is 3. The van der Waals surface area contributed by atoms with Crippen molar-refractivity contribution in [3.8, 4) is 0 Å². The molecule has 0 amide bonds. The van der Waals surface area contributed by atoms with Gasteiger partial charge in [-0.05, 0) is 33.1 Å². The molecule has 2 aliphatic carbocycles. The van der Waals surface area contributed by atoms with Gasteiger partial charge in [0.05, 0.1) is 6.10 Å². The van der Waals surface area contributed by atoms with Crippen molar-refractivity contribution in [2.75, 3.05) is 13.2 Å². The van der Waals surface area contributed by atoms with Gasteiger partial charge < -0.3 is 19.9 Å². The van der Waals surface area contributed by atoms with E-state index in [1.165, 1.54) is 25.7 Å². The molecule has 27 heavy (non-hydrogen) atoms. The van der Waals surface area contributed by atoms with Crippen LogP contribution in [-0.4, -0.2) is 41.4 Å². The van der Waals surface area contributed by atoms with Crippen LogP contribution >= 0.6 is 0 Å². The van der Waals surface area contributed by atoms with E-state index in [1.807, 2.05) is 0 Å². The number of aromatic nitrogens is 2. The zero-order valence-corrected chi connectivity index (χ0v) is 17.5. The molecule has 0 aromatic carbocycles. The smallest absolute Gasteiger partial charge is 0.232 e. The molecule has 1 aromatic heterocycles. The Bertz CT molecular complexity index is 643. The fourth-order valence-corrected chi connectivity index (χ4v) is 4.35. The summed E-state index contributed by atoms with van der Waals surface area (Å²) in [5.74, 6) is 2.09. The Labute approximate surface area is 162 Å². The molecule has 2 unspecified atom stereocenters. The molecule has 1 heterocycles. The number of ether oxygens (including phenoxy) is 1. The predicted octanol–water partition coefficient (Wildman–Crippen LogP) is 3.16. The molecule has 2 atom stereocenters. The molecule has 1 spiro atoms. The van der Waals surface area contributed by atoms with Crippen LogP contribution in [0.2, 0.25) is 0 Å². The van der Waals surface area contributed by atoms with Gasteiger partial charge in [0, 0.05) is 30.0 Å². The third-order valence-electron chi connectivity index (χ3n) is 5.83. The molecule has 2 aliphatic rings. The molecule has 1 aromatic rings. The molecule has 0 bridgehead atoms. The summed E-state index contributed by atoms with van der Waals surface area (Å²) in [6, 6.07) is 0.421. The van der Waals surface area contributed by atoms with Crippen LogP contribution in [0.3, 0.4) is 0 Å². The van der Waals surface area contributed by atoms with Gasteiger partial charge in [0.2, 0.25) is 5.89 Å². The summed E-state index contributed by atoms with van der Waals surface area (Å²) in [6.45, 7) is 12.4. The predicted molar refractivity (Wildman–Crippen MR) is 106 cm³/mol. The van der Waals surface area contributed by atoms with E-state index in [0.717, 1.165) is 25.5 Å². The minimum atomic E-state index is -0.146. The van der Waals surface area contributed by atoms with Gasteiger partial charge in [-0.1, -0.05) is 38.8 Å². The average Bonchev–Trinajstić information content (AvgIpc) is 3.29. The second-order valence-electron chi connectivity index (χ2n) is 8.78. The van der Waals surface area contributed by atoms with Crippen molar-refractivity contribution in [2.24, 2.45) is 10.4 Å².